The molecule has 1 fully saturated rings. The van der Waals surface area contributed by atoms with Crippen LogP contribution in [0.1, 0.15) is 103 Å². The normalized spacial score (nSPS) is 24.7. The van der Waals surface area contributed by atoms with Gasteiger partial charge in [-0.15, -0.1) is 0 Å². The second-order valence-corrected chi connectivity index (χ2v) is 8.74. The molecule has 5 heteroatoms. The van der Waals surface area contributed by atoms with Gasteiger partial charge in [-0.3, -0.25) is 0 Å². The Kier molecular flexibility index (Phi) is 17.7. The highest BCUT2D eigenvalue weighted by molar-refractivity contribution is 4.87. The van der Waals surface area contributed by atoms with Crippen molar-refractivity contribution in [2.24, 2.45) is 0 Å². The van der Waals surface area contributed by atoms with E-state index in [1.54, 1.807) is 0 Å². The van der Waals surface area contributed by atoms with Crippen molar-refractivity contribution in [3.63, 3.8) is 0 Å². The van der Waals surface area contributed by atoms with E-state index in [0.29, 0.717) is 6.61 Å². The molecule has 1 saturated heterocycles. The monoisotopic (exact) mass is 428 g/mol. The van der Waals surface area contributed by atoms with Gasteiger partial charge in [0.1, 0.15) is 24.4 Å². The zero-order valence-corrected chi connectivity index (χ0v) is 19.4. The zero-order valence-electron chi connectivity index (χ0n) is 19.4. The average molecular weight is 429 g/mol. The maximum Gasteiger partial charge on any atom is 0.111 e. The maximum atomic E-state index is 10.0. The van der Waals surface area contributed by atoms with Crippen LogP contribution in [0.3, 0.4) is 0 Å². The van der Waals surface area contributed by atoms with E-state index in [2.05, 4.69) is 19.1 Å². The molecule has 0 aliphatic carbocycles. The molecule has 1 aliphatic rings. The number of aliphatic hydroxyl groups is 3. The molecule has 5 nitrogen and oxygen atoms in total. The number of aliphatic hydroxyl groups excluding tert-OH is 3. The van der Waals surface area contributed by atoms with Crippen LogP contribution in [-0.4, -0.2) is 59.6 Å². The molecule has 3 N–H and O–H groups in total. The lowest BCUT2D eigenvalue weighted by atomic mass is 10.0. The van der Waals surface area contributed by atoms with E-state index < -0.39 is 24.4 Å². The largest absolute Gasteiger partial charge is 0.394 e. The van der Waals surface area contributed by atoms with Crippen molar-refractivity contribution >= 4 is 0 Å². The summed E-state index contributed by atoms with van der Waals surface area (Å²) in [6.07, 6.45) is 20.7. The Hall–Kier alpha value is -0.460. The summed E-state index contributed by atoms with van der Waals surface area (Å²) in [5.41, 5.74) is 0. The fraction of sp³-hybridized carbons (Fsp3) is 0.920. The van der Waals surface area contributed by atoms with Gasteiger partial charge >= 0.3 is 0 Å². The van der Waals surface area contributed by atoms with Gasteiger partial charge in [-0.25, -0.2) is 0 Å². The third-order valence-electron chi connectivity index (χ3n) is 6.00. The fourth-order valence-electron chi connectivity index (χ4n) is 3.92. The van der Waals surface area contributed by atoms with Gasteiger partial charge in [0.15, 0.2) is 0 Å². The molecule has 0 aromatic rings. The zero-order chi connectivity index (χ0) is 21.9. The molecule has 0 aromatic carbocycles. The molecule has 178 valence electrons. The van der Waals surface area contributed by atoms with Crippen molar-refractivity contribution in [2.75, 3.05) is 19.8 Å². The Morgan fingerprint density at radius 2 is 1.30 bits per heavy atom. The van der Waals surface area contributed by atoms with Crippen LogP contribution in [0.4, 0.5) is 0 Å². The smallest absolute Gasteiger partial charge is 0.111 e. The summed E-state index contributed by atoms with van der Waals surface area (Å²) in [6, 6.07) is 0. The minimum Gasteiger partial charge on any atom is -0.394 e. The molecule has 1 aliphatic heterocycles. The molecule has 0 bridgehead atoms. The first kappa shape index (κ1) is 27.6. The van der Waals surface area contributed by atoms with Crippen molar-refractivity contribution in [1.82, 2.24) is 0 Å². The van der Waals surface area contributed by atoms with Crippen LogP contribution in [0, 0.1) is 0 Å². The van der Waals surface area contributed by atoms with Crippen molar-refractivity contribution in [3.05, 3.63) is 12.2 Å². The Morgan fingerprint density at radius 1 is 0.767 bits per heavy atom. The molecule has 0 aromatic heterocycles. The maximum absolute atomic E-state index is 10.0. The van der Waals surface area contributed by atoms with Crippen molar-refractivity contribution < 1.29 is 24.8 Å². The number of ether oxygens (including phenoxy) is 2. The van der Waals surface area contributed by atoms with Gasteiger partial charge in [0, 0.05) is 6.61 Å². The minimum atomic E-state index is -1.09. The predicted molar refractivity (Wildman–Crippen MR) is 123 cm³/mol. The fourth-order valence-corrected chi connectivity index (χ4v) is 3.92. The molecule has 0 unspecified atom stereocenters. The minimum absolute atomic E-state index is 0.217. The number of unbranched alkanes of at least 4 members (excludes halogenated alkanes) is 13. The van der Waals surface area contributed by atoms with Crippen LogP contribution in [0.2, 0.25) is 0 Å². The average Bonchev–Trinajstić information content (AvgIpc) is 2.75. The quantitative estimate of drug-likeness (QED) is 0.201. The van der Waals surface area contributed by atoms with Crippen molar-refractivity contribution in [2.45, 2.75) is 128 Å². The van der Waals surface area contributed by atoms with E-state index in [0.717, 1.165) is 12.8 Å². The third kappa shape index (κ3) is 13.1. The molecule has 30 heavy (non-hydrogen) atoms. The summed E-state index contributed by atoms with van der Waals surface area (Å²) >= 11 is 0. The summed E-state index contributed by atoms with van der Waals surface area (Å²) in [5, 5.41) is 28.9. The standard InChI is InChI=1S/C25H48O5/c1-2-3-4-5-6-7-8-9-10-11-12-13-14-15-16-17-18-19-29-23-21-30-22(20-26)24(27)25(23)28/h11-12,22-28H,2-10,13-21H2,1H3/b12-11+/t22-,23+,24-,25-/m0/s1. The topological polar surface area (TPSA) is 79.2 Å². The number of rotatable bonds is 19. The summed E-state index contributed by atoms with van der Waals surface area (Å²) < 4.78 is 11.0. The van der Waals surface area contributed by atoms with Crippen LogP contribution in [-0.2, 0) is 9.47 Å². The molecule has 1 rings (SSSR count). The van der Waals surface area contributed by atoms with E-state index in [9.17, 15) is 10.2 Å². The molecule has 1 heterocycles. The number of hydrogen-bond donors (Lipinski definition) is 3. The van der Waals surface area contributed by atoms with Gasteiger partial charge in [-0.05, 0) is 32.1 Å². The molecule has 0 radical (unpaired) electrons. The van der Waals surface area contributed by atoms with E-state index in [1.807, 2.05) is 0 Å². The first-order valence-corrected chi connectivity index (χ1v) is 12.6. The van der Waals surface area contributed by atoms with Gasteiger partial charge in [0.05, 0.1) is 13.2 Å². The Balaban J connectivity index is 1.83. The lowest BCUT2D eigenvalue weighted by Gasteiger charge is -2.36. The van der Waals surface area contributed by atoms with E-state index in [4.69, 9.17) is 14.6 Å². The lowest BCUT2D eigenvalue weighted by molar-refractivity contribution is -0.208. The van der Waals surface area contributed by atoms with Gasteiger partial charge in [0.2, 0.25) is 0 Å². The van der Waals surface area contributed by atoms with Crippen LogP contribution in [0.5, 0.6) is 0 Å². The molecule has 0 saturated carbocycles. The van der Waals surface area contributed by atoms with Crippen molar-refractivity contribution in [1.29, 1.82) is 0 Å². The van der Waals surface area contributed by atoms with E-state index in [1.165, 1.54) is 83.5 Å². The SMILES string of the molecule is CCCCCCCCCC/C=C/CCCCCCCO[C@@H]1CO[C@@H](CO)[C@H](O)[C@H]1O. The van der Waals surface area contributed by atoms with E-state index >= 15 is 0 Å². The van der Waals surface area contributed by atoms with Gasteiger partial charge in [0.25, 0.3) is 0 Å². The molecule has 0 spiro atoms. The molecule has 0 amide bonds. The second-order valence-electron chi connectivity index (χ2n) is 8.74. The highest BCUT2D eigenvalue weighted by Crippen LogP contribution is 2.18. The van der Waals surface area contributed by atoms with Crippen LogP contribution in [0.25, 0.3) is 0 Å². The second kappa shape index (κ2) is 19.2. The molecular weight excluding hydrogens is 380 g/mol. The Labute approximate surface area is 184 Å². The molecule has 4 atom stereocenters. The van der Waals surface area contributed by atoms with Gasteiger partial charge < -0.3 is 24.8 Å². The van der Waals surface area contributed by atoms with Crippen LogP contribution >= 0.6 is 0 Å². The summed E-state index contributed by atoms with van der Waals surface area (Å²) in [4.78, 5) is 0. The Morgan fingerprint density at radius 3 is 1.87 bits per heavy atom. The van der Waals surface area contributed by atoms with Gasteiger partial charge in [-0.2, -0.15) is 0 Å². The summed E-state index contributed by atoms with van der Waals surface area (Å²) in [6.45, 7) is 2.76. The van der Waals surface area contributed by atoms with Crippen LogP contribution < -0.4 is 0 Å². The number of allylic oxidation sites excluding steroid dienone is 2. The van der Waals surface area contributed by atoms with Gasteiger partial charge in [-0.1, -0.05) is 83.3 Å². The van der Waals surface area contributed by atoms with Crippen molar-refractivity contribution in [3.8, 4) is 0 Å². The summed E-state index contributed by atoms with van der Waals surface area (Å²) in [7, 11) is 0. The third-order valence-corrected chi connectivity index (χ3v) is 6.00. The van der Waals surface area contributed by atoms with E-state index in [-0.39, 0.29) is 13.2 Å². The highest BCUT2D eigenvalue weighted by Gasteiger charge is 2.38. The summed E-state index contributed by atoms with van der Waals surface area (Å²) in [5.74, 6) is 0. The lowest BCUT2D eigenvalue weighted by Crippen LogP contribution is -2.55. The number of hydrogen-bond acceptors (Lipinski definition) is 5. The first-order chi connectivity index (χ1) is 14.7. The predicted octanol–water partition coefficient (Wildman–Crippen LogP) is 4.91. The molecular formula is C25H48O5. The first-order valence-electron chi connectivity index (χ1n) is 12.6. The highest BCUT2D eigenvalue weighted by atomic mass is 16.6. The Bertz CT molecular complexity index is 401. The van der Waals surface area contributed by atoms with Crippen LogP contribution in [0.15, 0.2) is 12.2 Å².